The Bertz CT molecular complexity index is 1060. The van der Waals surface area contributed by atoms with Gasteiger partial charge in [0.05, 0.1) is 24.6 Å². The second kappa shape index (κ2) is 9.60. The fourth-order valence-electron chi connectivity index (χ4n) is 5.60. The topological polar surface area (TPSA) is 101 Å². The molecular weight excluding hydrogens is 444 g/mol. The highest BCUT2D eigenvalue weighted by Gasteiger charge is 2.54. The molecule has 3 aliphatic rings. The van der Waals surface area contributed by atoms with Crippen molar-refractivity contribution in [2.24, 2.45) is 24.3 Å². The molecule has 35 heavy (non-hydrogen) atoms. The molecule has 1 saturated heterocycles. The molecule has 2 aromatic heterocycles. The van der Waals surface area contributed by atoms with E-state index in [0.29, 0.717) is 23.9 Å². The number of carbonyl (C=O) groups excluding carboxylic acids is 2. The fourth-order valence-corrected chi connectivity index (χ4v) is 5.60. The third-order valence-electron chi connectivity index (χ3n) is 8.06. The minimum Gasteiger partial charge on any atom is -0.375 e. The van der Waals surface area contributed by atoms with Crippen molar-refractivity contribution < 1.29 is 14.3 Å². The monoisotopic (exact) mass is 480 g/mol. The zero-order chi connectivity index (χ0) is 24.6. The van der Waals surface area contributed by atoms with Gasteiger partial charge >= 0.3 is 0 Å². The van der Waals surface area contributed by atoms with E-state index in [4.69, 9.17) is 4.74 Å². The Balaban J connectivity index is 1.34. The molecule has 1 unspecified atom stereocenters. The van der Waals surface area contributed by atoms with Crippen LogP contribution >= 0.6 is 0 Å². The molecule has 1 aliphatic heterocycles. The van der Waals surface area contributed by atoms with Crippen LogP contribution in [0.4, 0.5) is 11.5 Å². The lowest BCUT2D eigenvalue weighted by Crippen LogP contribution is -2.54. The van der Waals surface area contributed by atoms with Gasteiger partial charge in [-0.25, -0.2) is 4.98 Å². The first-order valence-electron chi connectivity index (χ1n) is 12.8. The Morgan fingerprint density at radius 3 is 2.60 bits per heavy atom. The zero-order valence-electron chi connectivity index (χ0n) is 20.9. The van der Waals surface area contributed by atoms with E-state index in [-0.39, 0.29) is 29.3 Å². The van der Waals surface area contributed by atoms with Crippen molar-refractivity contribution in [3.63, 3.8) is 0 Å². The van der Waals surface area contributed by atoms with Gasteiger partial charge in [-0.1, -0.05) is 26.2 Å². The molecule has 9 nitrogen and oxygen atoms in total. The number of hydrogen-bond acceptors (Lipinski definition) is 6. The van der Waals surface area contributed by atoms with Gasteiger partial charge in [-0.15, -0.1) is 0 Å². The first-order valence-corrected chi connectivity index (χ1v) is 12.8. The molecule has 9 heteroatoms. The maximum Gasteiger partial charge on any atom is 0.270 e. The quantitative estimate of drug-likeness (QED) is 0.602. The van der Waals surface area contributed by atoms with Gasteiger partial charge in [0.25, 0.3) is 5.91 Å². The molecule has 2 amide bonds. The molecule has 2 aliphatic carbocycles. The number of morpholine rings is 1. The first kappa shape index (κ1) is 23.8. The van der Waals surface area contributed by atoms with Gasteiger partial charge in [-0.3, -0.25) is 14.3 Å². The summed E-state index contributed by atoms with van der Waals surface area (Å²) in [6.45, 7) is 6.59. The van der Waals surface area contributed by atoms with Crippen molar-refractivity contribution in [3.05, 3.63) is 36.3 Å². The largest absolute Gasteiger partial charge is 0.375 e. The summed E-state index contributed by atoms with van der Waals surface area (Å²) in [6, 6.07) is 4.88. The number of pyridine rings is 1. The van der Waals surface area contributed by atoms with Gasteiger partial charge in [0.1, 0.15) is 17.6 Å². The van der Waals surface area contributed by atoms with Crippen molar-refractivity contribution in [2.45, 2.75) is 58.1 Å². The summed E-state index contributed by atoms with van der Waals surface area (Å²) >= 11 is 0. The number of hydrogen-bond donors (Lipinski definition) is 2. The Kier molecular flexibility index (Phi) is 6.53. The summed E-state index contributed by atoms with van der Waals surface area (Å²) in [6.07, 6.45) is 9.05. The van der Waals surface area contributed by atoms with Crippen LogP contribution < -0.4 is 15.5 Å². The standard InChI is InChI=1S/C26H36N6O3/c1-17-16-32(13-14-35-17)21-8-7-19(15-27-21)29-25(34)23(30-24(33)20-9-12-28-31(20)3)22(18-5-4-6-18)26(2)10-11-26/h7-9,12,15,17-18,22-23H,4-6,10-11,13-14,16H2,1-3H3,(H,29,34)(H,30,33)/t17-,22?,23+/m1/s1. The zero-order valence-corrected chi connectivity index (χ0v) is 20.9. The highest BCUT2D eigenvalue weighted by atomic mass is 16.5. The summed E-state index contributed by atoms with van der Waals surface area (Å²) in [5.74, 6) is 0.982. The number of nitrogens with zero attached hydrogens (tertiary/aromatic N) is 4. The molecule has 2 aromatic rings. The molecule has 3 atom stereocenters. The van der Waals surface area contributed by atoms with Crippen molar-refractivity contribution in [2.75, 3.05) is 29.9 Å². The highest BCUT2D eigenvalue weighted by molar-refractivity contribution is 6.00. The van der Waals surface area contributed by atoms with E-state index in [1.807, 2.05) is 12.1 Å². The molecule has 188 valence electrons. The summed E-state index contributed by atoms with van der Waals surface area (Å²) in [5, 5.41) is 10.3. The second-order valence-electron chi connectivity index (χ2n) is 10.7. The molecule has 2 saturated carbocycles. The highest BCUT2D eigenvalue weighted by Crippen LogP contribution is 2.58. The van der Waals surface area contributed by atoms with Crippen LogP contribution in [0.1, 0.15) is 56.4 Å². The molecule has 3 fully saturated rings. The lowest BCUT2D eigenvalue weighted by atomic mass is 9.66. The van der Waals surface area contributed by atoms with Gasteiger partial charge in [0, 0.05) is 26.3 Å². The van der Waals surface area contributed by atoms with Gasteiger partial charge in [0.15, 0.2) is 0 Å². The number of ether oxygens (including phenoxy) is 1. The number of nitrogens with one attached hydrogen (secondary N) is 2. The van der Waals surface area contributed by atoms with Crippen molar-refractivity contribution in [1.82, 2.24) is 20.1 Å². The molecule has 0 spiro atoms. The van der Waals surface area contributed by atoms with Crippen LogP contribution in [0.3, 0.4) is 0 Å². The minimum atomic E-state index is -0.616. The Morgan fingerprint density at radius 1 is 1.23 bits per heavy atom. The van der Waals surface area contributed by atoms with E-state index in [2.05, 4.69) is 39.5 Å². The number of carbonyl (C=O) groups is 2. The lowest BCUT2D eigenvalue weighted by molar-refractivity contribution is -0.121. The summed E-state index contributed by atoms with van der Waals surface area (Å²) in [4.78, 5) is 33.6. The average molecular weight is 481 g/mol. The number of aryl methyl sites for hydroxylation is 1. The van der Waals surface area contributed by atoms with Gasteiger partial charge in [0.2, 0.25) is 5.91 Å². The van der Waals surface area contributed by atoms with E-state index in [0.717, 1.165) is 44.6 Å². The predicted octanol–water partition coefficient (Wildman–Crippen LogP) is 2.99. The van der Waals surface area contributed by atoms with E-state index in [9.17, 15) is 9.59 Å². The number of aromatic nitrogens is 3. The fraction of sp³-hybridized carbons (Fsp3) is 0.615. The smallest absolute Gasteiger partial charge is 0.270 e. The van der Waals surface area contributed by atoms with Crippen LogP contribution in [0.5, 0.6) is 0 Å². The lowest BCUT2D eigenvalue weighted by Gasteiger charge is -2.42. The Morgan fingerprint density at radius 2 is 2.03 bits per heavy atom. The maximum atomic E-state index is 13.7. The van der Waals surface area contributed by atoms with Crippen LogP contribution in [0, 0.1) is 17.3 Å². The van der Waals surface area contributed by atoms with Crippen LogP contribution in [0.25, 0.3) is 0 Å². The van der Waals surface area contributed by atoms with Crippen molar-refractivity contribution in [1.29, 1.82) is 0 Å². The van der Waals surface area contributed by atoms with Gasteiger partial charge in [-0.05, 0) is 55.2 Å². The van der Waals surface area contributed by atoms with Crippen LogP contribution in [-0.4, -0.2) is 58.4 Å². The normalized spacial score (nSPS) is 23.2. The molecule has 0 radical (unpaired) electrons. The van der Waals surface area contributed by atoms with E-state index < -0.39 is 6.04 Å². The van der Waals surface area contributed by atoms with E-state index in [1.54, 1.807) is 25.5 Å². The SMILES string of the molecule is C[C@@H]1CN(c2ccc(NC(=O)[C@@H](NC(=O)c3ccnn3C)C(C3CCC3)C3(C)CC3)cn2)CCO1. The number of anilines is 2. The molecule has 3 heterocycles. The third kappa shape index (κ3) is 5.05. The van der Waals surface area contributed by atoms with Crippen LogP contribution in [-0.2, 0) is 16.6 Å². The predicted molar refractivity (Wildman–Crippen MR) is 133 cm³/mol. The van der Waals surface area contributed by atoms with Crippen molar-refractivity contribution >= 4 is 23.3 Å². The maximum absolute atomic E-state index is 13.7. The Hall–Kier alpha value is -2.94. The van der Waals surface area contributed by atoms with Gasteiger partial charge in [-0.2, -0.15) is 5.10 Å². The van der Waals surface area contributed by atoms with Gasteiger partial charge < -0.3 is 20.3 Å². The third-order valence-corrected chi connectivity index (χ3v) is 8.06. The number of rotatable bonds is 8. The van der Waals surface area contributed by atoms with Crippen molar-refractivity contribution in [3.8, 4) is 0 Å². The van der Waals surface area contributed by atoms with Crippen LogP contribution in [0.2, 0.25) is 0 Å². The molecule has 2 N–H and O–H groups in total. The molecule has 5 rings (SSSR count). The number of amides is 2. The van der Waals surface area contributed by atoms with E-state index >= 15 is 0 Å². The minimum absolute atomic E-state index is 0.0853. The Labute approximate surface area is 206 Å². The van der Waals surface area contributed by atoms with E-state index in [1.165, 1.54) is 11.1 Å². The summed E-state index contributed by atoms with van der Waals surface area (Å²) in [7, 11) is 1.73. The average Bonchev–Trinajstić information content (AvgIpc) is 3.40. The molecular formula is C26H36N6O3. The first-order chi connectivity index (χ1) is 16.8. The molecule has 0 bridgehead atoms. The van der Waals surface area contributed by atoms with Crippen LogP contribution in [0.15, 0.2) is 30.6 Å². The second-order valence-corrected chi connectivity index (χ2v) is 10.7. The summed E-state index contributed by atoms with van der Waals surface area (Å²) < 4.78 is 7.16. The summed E-state index contributed by atoms with van der Waals surface area (Å²) in [5.41, 5.74) is 1.16. The molecule has 0 aromatic carbocycles.